The molecule has 1 saturated heterocycles. The predicted octanol–water partition coefficient (Wildman–Crippen LogP) is 4.78. The summed E-state index contributed by atoms with van der Waals surface area (Å²) in [4.78, 5) is 0. The van der Waals surface area contributed by atoms with Crippen LogP contribution in [-0.2, 0) is 9.31 Å². The zero-order valence-corrected chi connectivity index (χ0v) is 14.2. The lowest BCUT2D eigenvalue weighted by molar-refractivity contribution is 0.00578. The van der Waals surface area contributed by atoms with Crippen molar-refractivity contribution in [2.75, 3.05) is 0 Å². The van der Waals surface area contributed by atoms with Gasteiger partial charge in [-0.2, -0.15) is 0 Å². The molecule has 1 atom stereocenters. The summed E-state index contributed by atoms with van der Waals surface area (Å²) in [5.74, 6) is 3.91. The van der Waals surface area contributed by atoms with Crippen LogP contribution in [0.15, 0.2) is 11.5 Å². The molecule has 0 aromatic heterocycles. The summed E-state index contributed by atoms with van der Waals surface area (Å²) >= 11 is 0. The van der Waals surface area contributed by atoms with Gasteiger partial charge in [-0.25, -0.2) is 0 Å². The number of rotatable bonds is 3. The summed E-state index contributed by atoms with van der Waals surface area (Å²) in [6, 6.07) is 0. The Morgan fingerprint density at radius 2 is 1.80 bits per heavy atom. The van der Waals surface area contributed by atoms with Crippen molar-refractivity contribution in [2.24, 2.45) is 11.8 Å². The fraction of sp³-hybridized carbons (Fsp3) is 0.882. The molecule has 1 aliphatic carbocycles. The third-order valence-corrected chi connectivity index (χ3v) is 5.11. The van der Waals surface area contributed by atoms with Crippen molar-refractivity contribution in [2.45, 2.75) is 84.8 Å². The molecule has 0 bridgehead atoms. The lowest BCUT2D eigenvalue weighted by Gasteiger charge is -2.32. The molecule has 0 spiro atoms. The SMILES string of the molecule is CC(C)CC1CCC/C(=C/B2OC(C)(C)C(C)(C)O2)C1. The number of hydrogen-bond acceptors (Lipinski definition) is 2. The maximum absolute atomic E-state index is 6.08. The third kappa shape index (κ3) is 3.68. The molecule has 3 heteroatoms. The molecule has 2 rings (SSSR count). The molecule has 114 valence electrons. The van der Waals surface area contributed by atoms with Crippen LogP contribution in [0.2, 0.25) is 0 Å². The normalized spacial score (nSPS) is 31.2. The number of hydrogen-bond donors (Lipinski definition) is 0. The summed E-state index contributed by atoms with van der Waals surface area (Å²) in [5, 5.41) is 0. The van der Waals surface area contributed by atoms with Crippen LogP contribution in [-0.4, -0.2) is 18.3 Å². The highest BCUT2D eigenvalue weighted by Gasteiger charge is 2.50. The van der Waals surface area contributed by atoms with E-state index in [1.807, 2.05) is 0 Å². The second-order valence-corrected chi connectivity index (χ2v) is 8.04. The average Bonchev–Trinajstić information content (AvgIpc) is 2.46. The Balaban J connectivity index is 1.98. The third-order valence-electron chi connectivity index (χ3n) is 5.11. The second kappa shape index (κ2) is 5.85. The van der Waals surface area contributed by atoms with Crippen molar-refractivity contribution in [1.82, 2.24) is 0 Å². The van der Waals surface area contributed by atoms with Crippen LogP contribution in [0, 0.1) is 11.8 Å². The highest BCUT2D eigenvalue weighted by atomic mass is 16.7. The van der Waals surface area contributed by atoms with Gasteiger partial charge in [0.15, 0.2) is 0 Å². The van der Waals surface area contributed by atoms with Crippen molar-refractivity contribution in [3.63, 3.8) is 0 Å². The highest BCUT2D eigenvalue weighted by molar-refractivity contribution is 6.51. The highest BCUT2D eigenvalue weighted by Crippen LogP contribution is 2.39. The van der Waals surface area contributed by atoms with E-state index < -0.39 is 0 Å². The van der Waals surface area contributed by atoms with Crippen molar-refractivity contribution < 1.29 is 9.31 Å². The van der Waals surface area contributed by atoms with Gasteiger partial charge in [-0.05, 0) is 71.6 Å². The Bertz CT molecular complexity index is 355. The Kier molecular flexibility index (Phi) is 4.71. The smallest absolute Gasteiger partial charge is 0.400 e. The first-order valence-corrected chi connectivity index (χ1v) is 8.25. The van der Waals surface area contributed by atoms with Crippen LogP contribution in [0.1, 0.15) is 73.6 Å². The molecule has 1 unspecified atom stereocenters. The van der Waals surface area contributed by atoms with Gasteiger partial charge in [0.1, 0.15) is 0 Å². The van der Waals surface area contributed by atoms with Crippen LogP contribution in [0.3, 0.4) is 0 Å². The Labute approximate surface area is 125 Å². The summed E-state index contributed by atoms with van der Waals surface area (Å²) < 4.78 is 12.2. The molecule has 0 amide bonds. The quantitative estimate of drug-likeness (QED) is 0.692. The van der Waals surface area contributed by atoms with E-state index in [2.05, 4.69) is 47.5 Å². The molecule has 0 aromatic carbocycles. The Hall–Kier alpha value is -0.275. The largest absolute Gasteiger partial charge is 0.487 e. The molecule has 0 radical (unpaired) electrons. The van der Waals surface area contributed by atoms with Crippen LogP contribution in [0.5, 0.6) is 0 Å². The van der Waals surface area contributed by atoms with Gasteiger partial charge >= 0.3 is 7.12 Å². The average molecular weight is 278 g/mol. The minimum absolute atomic E-state index is 0.159. The monoisotopic (exact) mass is 278 g/mol. The summed E-state index contributed by atoms with van der Waals surface area (Å²) in [6.07, 6.45) is 6.52. The van der Waals surface area contributed by atoms with Crippen LogP contribution >= 0.6 is 0 Å². The van der Waals surface area contributed by atoms with E-state index in [1.54, 1.807) is 5.57 Å². The van der Waals surface area contributed by atoms with Gasteiger partial charge in [-0.1, -0.05) is 25.4 Å². The standard InChI is InChI=1S/C17H31BO2/c1-13(2)10-14-8-7-9-15(11-14)12-18-19-16(3,4)17(5,6)20-18/h12-14H,7-11H2,1-6H3/b15-12-. The molecule has 1 aliphatic heterocycles. The molecular weight excluding hydrogens is 247 g/mol. The molecule has 2 nitrogen and oxygen atoms in total. The first-order chi connectivity index (χ1) is 9.19. The van der Waals surface area contributed by atoms with Gasteiger partial charge in [0.25, 0.3) is 0 Å². The number of allylic oxidation sites excluding steroid dienone is 1. The molecular formula is C17H31BO2. The van der Waals surface area contributed by atoms with Gasteiger partial charge in [0, 0.05) is 0 Å². The summed E-state index contributed by atoms with van der Waals surface area (Å²) in [7, 11) is -0.159. The summed E-state index contributed by atoms with van der Waals surface area (Å²) in [6.45, 7) is 13.1. The van der Waals surface area contributed by atoms with Gasteiger partial charge in [-0.15, -0.1) is 0 Å². The topological polar surface area (TPSA) is 18.5 Å². The maximum Gasteiger partial charge on any atom is 0.487 e. The fourth-order valence-electron chi connectivity index (χ4n) is 3.36. The molecule has 20 heavy (non-hydrogen) atoms. The van der Waals surface area contributed by atoms with Crippen LogP contribution in [0.25, 0.3) is 0 Å². The second-order valence-electron chi connectivity index (χ2n) is 8.04. The molecule has 1 saturated carbocycles. The van der Waals surface area contributed by atoms with E-state index in [0.29, 0.717) is 0 Å². The van der Waals surface area contributed by atoms with E-state index in [-0.39, 0.29) is 18.3 Å². The lowest BCUT2D eigenvalue weighted by Crippen LogP contribution is -2.41. The molecule has 0 aromatic rings. The minimum Gasteiger partial charge on any atom is -0.400 e. The van der Waals surface area contributed by atoms with Crippen molar-refractivity contribution in [3.05, 3.63) is 11.5 Å². The Morgan fingerprint density at radius 1 is 1.20 bits per heavy atom. The molecule has 1 heterocycles. The minimum atomic E-state index is -0.222. The lowest BCUT2D eigenvalue weighted by atomic mass is 9.76. The molecule has 0 N–H and O–H groups in total. The fourth-order valence-corrected chi connectivity index (χ4v) is 3.36. The summed E-state index contributed by atoms with van der Waals surface area (Å²) in [5.41, 5.74) is 1.10. The zero-order valence-electron chi connectivity index (χ0n) is 14.2. The maximum atomic E-state index is 6.08. The van der Waals surface area contributed by atoms with Gasteiger partial charge < -0.3 is 9.31 Å². The van der Waals surface area contributed by atoms with E-state index >= 15 is 0 Å². The van der Waals surface area contributed by atoms with Gasteiger partial charge in [-0.3, -0.25) is 0 Å². The first kappa shape index (κ1) is 16.1. The van der Waals surface area contributed by atoms with Gasteiger partial charge in [0.05, 0.1) is 11.2 Å². The zero-order chi connectivity index (χ0) is 15.0. The van der Waals surface area contributed by atoms with Crippen molar-refractivity contribution >= 4 is 7.12 Å². The molecule has 2 aliphatic rings. The van der Waals surface area contributed by atoms with Crippen LogP contribution in [0.4, 0.5) is 0 Å². The predicted molar refractivity (Wildman–Crippen MR) is 85.6 cm³/mol. The van der Waals surface area contributed by atoms with E-state index in [1.165, 1.54) is 32.1 Å². The van der Waals surface area contributed by atoms with E-state index in [0.717, 1.165) is 11.8 Å². The molecule has 2 fully saturated rings. The van der Waals surface area contributed by atoms with E-state index in [9.17, 15) is 0 Å². The van der Waals surface area contributed by atoms with Crippen molar-refractivity contribution in [3.8, 4) is 0 Å². The van der Waals surface area contributed by atoms with E-state index in [4.69, 9.17) is 9.31 Å². The first-order valence-electron chi connectivity index (χ1n) is 8.25. The van der Waals surface area contributed by atoms with Gasteiger partial charge in [0.2, 0.25) is 0 Å². The van der Waals surface area contributed by atoms with Crippen molar-refractivity contribution in [1.29, 1.82) is 0 Å². The Morgan fingerprint density at radius 3 is 2.35 bits per heavy atom. The van der Waals surface area contributed by atoms with Crippen LogP contribution < -0.4 is 0 Å².